The third kappa shape index (κ3) is 6.38. The number of ether oxygens (including phenoxy) is 5. The summed E-state index contributed by atoms with van der Waals surface area (Å²) in [4.78, 5) is 38.0. The first-order valence-electron chi connectivity index (χ1n) is 11.5. The molecule has 0 saturated carbocycles. The number of halogens is 1. The summed E-state index contributed by atoms with van der Waals surface area (Å²) < 4.78 is 43.1. The van der Waals surface area contributed by atoms with Gasteiger partial charge in [-0.05, 0) is 36.4 Å². The number of hydrogen-bond acceptors (Lipinski definition) is 8. The van der Waals surface area contributed by atoms with Crippen LogP contribution in [-0.2, 0) is 23.7 Å². The third-order valence-corrected chi connectivity index (χ3v) is 5.70. The summed E-state index contributed by atoms with van der Waals surface area (Å²) in [5.41, 5.74) is 0.661. The predicted octanol–water partition coefficient (Wildman–Crippen LogP) is 4.00. The first-order chi connectivity index (χ1) is 18.0. The molecule has 9 heteroatoms. The summed E-state index contributed by atoms with van der Waals surface area (Å²) in [6.45, 7) is -0.493. The van der Waals surface area contributed by atoms with Crippen LogP contribution in [0.5, 0.6) is 0 Å². The number of hydrogen-bond donors (Lipinski definition) is 0. The second-order valence-corrected chi connectivity index (χ2v) is 8.16. The summed E-state index contributed by atoms with van der Waals surface area (Å²) in [6, 6.07) is 24.2. The van der Waals surface area contributed by atoms with Gasteiger partial charge in [-0.2, -0.15) is 0 Å². The van der Waals surface area contributed by atoms with E-state index in [-0.39, 0.29) is 16.7 Å². The Kier molecular flexibility index (Phi) is 8.60. The standard InChI is InChI=1S/C28H25FO8/c1-33-28-24(37-27(32)20-15-9-4-10-16-20)23(36-26(31)19-13-7-3-8-14-19)22(29)21(35-28)17-34-25(30)18-11-5-2-6-12-18/h2-16,21-24,28H,17H2,1H3/t21?,22-,23?,24?,28+/m1/s1. The first-order valence-corrected chi connectivity index (χ1v) is 11.5. The molecule has 0 bridgehead atoms. The lowest BCUT2D eigenvalue weighted by molar-refractivity contribution is -0.282. The van der Waals surface area contributed by atoms with Gasteiger partial charge in [0.2, 0.25) is 0 Å². The van der Waals surface area contributed by atoms with Crippen LogP contribution in [0.3, 0.4) is 0 Å². The molecule has 5 atom stereocenters. The Morgan fingerprint density at radius 1 is 0.703 bits per heavy atom. The fraction of sp³-hybridized carbons (Fsp3) is 0.250. The van der Waals surface area contributed by atoms with Crippen molar-refractivity contribution < 1.29 is 42.5 Å². The smallest absolute Gasteiger partial charge is 0.338 e. The molecule has 1 fully saturated rings. The van der Waals surface area contributed by atoms with Crippen molar-refractivity contribution in [3.8, 4) is 0 Å². The molecule has 1 aliphatic rings. The lowest BCUT2D eigenvalue weighted by Crippen LogP contribution is -2.60. The number of alkyl halides is 1. The van der Waals surface area contributed by atoms with Crippen LogP contribution in [-0.4, -0.2) is 62.4 Å². The maximum Gasteiger partial charge on any atom is 0.338 e. The minimum atomic E-state index is -2.02. The van der Waals surface area contributed by atoms with Crippen molar-refractivity contribution in [2.75, 3.05) is 13.7 Å². The molecule has 3 aromatic rings. The third-order valence-electron chi connectivity index (χ3n) is 5.70. The molecule has 37 heavy (non-hydrogen) atoms. The largest absolute Gasteiger partial charge is 0.459 e. The van der Waals surface area contributed by atoms with Crippen molar-refractivity contribution in [3.63, 3.8) is 0 Å². The molecule has 0 aromatic heterocycles. The molecule has 3 unspecified atom stereocenters. The van der Waals surface area contributed by atoms with Gasteiger partial charge in [-0.25, -0.2) is 18.8 Å². The number of rotatable bonds is 8. The van der Waals surface area contributed by atoms with E-state index in [1.807, 2.05) is 0 Å². The minimum absolute atomic E-state index is 0.176. The number of methoxy groups -OCH3 is 1. The molecule has 1 heterocycles. The fourth-order valence-electron chi connectivity index (χ4n) is 3.80. The van der Waals surface area contributed by atoms with Crippen LogP contribution in [0.1, 0.15) is 31.1 Å². The minimum Gasteiger partial charge on any atom is -0.459 e. The van der Waals surface area contributed by atoms with E-state index in [0.29, 0.717) is 0 Å². The highest BCUT2D eigenvalue weighted by Gasteiger charge is 2.51. The zero-order chi connectivity index (χ0) is 26.2. The number of carbonyl (C=O) groups is 3. The van der Waals surface area contributed by atoms with Crippen LogP contribution in [0.25, 0.3) is 0 Å². The van der Waals surface area contributed by atoms with E-state index < -0.39 is 55.3 Å². The molecule has 8 nitrogen and oxygen atoms in total. The zero-order valence-corrected chi connectivity index (χ0v) is 19.9. The van der Waals surface area contributed by atoms with Crippen molar-refractivity contribution in [3.05, 3.63) is 108 Å². The summed E-state index contributed by atoms with van der Waals surface area (Å²) in [5.74, 6) is -2.29. The van der Waals surface area contributed by atoms with Crippen molar-refractivity contribution in [1.29, 1.82) is 0 Å². The number of benzene rings is 3. The molecule has 0 amide bonds. The Labute approximate surface area is 212 Å². The fourth-order valence-corrected chi connectivity index (χ4v) is 3.80. The Morgan fingerprint density at radius 3 is 1.59 bits per heavy atom. The molecule has 0 spiro atoms. The predicted molar refractivity (Wildman–Crippen MR) is 129 cm³/mol. The SMILES string of the molecule is CO[C@H]1OC(COC(=O)c2ccccc2)[C@@H](F)C(OC(=O)c2ccccc2)C1OC(=O)c1ccccc1. The molecule has 0 aliphatic carbocycles. The monoisotopic (exact) mass is 508 g/mol. The normalized spacial score (nSPS) is 23.0. The van der Waals surface area contributed by atoms with Crippen LogP contribution < -0.4 is 0 Å². The quantitative estimate of drug-likeness (QED) is 0.333. The lowest BCUT2D eigenvalue weighted by Gasteiger charge is -2.41. The topological polar surface area (TPSA) is 97.4 Å². The Hall–Kier alpha value is -4.08. The Balaban J connectivity index is 1.55. The zero-order valence-electron chi connectivity index (χ0n) is 19.9. The molecule has 192 valence electrons. The maximum atomic E-state index is 15.8. The molecule has 1 saturated heterocycles. The van der Waals surface area contributed by atoms with Crippen LogP contribution in [0.2, 0.25) is 0 Å². The van der Waals surface area contributed by atoms with E-state index in [1.54, 1.807) is 66.7 Å². The van der Waals surface area contributed by atoms with Crippen LogP contribution in [0, 0.1) is 0 Å². The summed E-state index contributed by atoms with van der Waals surface area (Å²) >= 11 is 0. The Morgan fingerprint density at radius 2 is 1.14 bits per heavy atom. The van der Waals surface area contributed by atoms with E-state index in [9.17, 15) is 14.4 Å². The lowest BCUT2D eigenvalue weighted by atomic mass is 9.99. The maximum absolute atomic E-state index is 15.8. The van der Waals surface area contributed by atoms with Crippen molar-refractivity contribution >= 4 is 17.9 Å². The highest BCUT2D eigenvalue weighted by Crippen LogP contribution is 2.30. The highest BCUT2D eigenvalue weighted by molar-refractivity contribution is 5.90. The van der Waals surface area contributed by atoms with Gasteiger partial charge in [-0.3, -0.25) is 0 Å². The number of carbonyl (C=O) groups excluding carboxylic acids is 3. The van der Waals surface area contributed by atoms with Crippen molar-refractivity contribution in [2.24, 2.45) is 0 Å². The van der Waals surface area contributed by atoms with Crippen LogP contribution in [0.4, 0.5) is 4.39 Å². The van der Waals surface area contributed by atoms with Gasteiger partial charge < -0.3 is 23.7 Å². The van der Waals surface area contributed by atoms with E-state index in [0.717, 1.165) is 0 Å². The Bertz CT molecular complexity index is 1190. The molecule has 4 rings (SSSR count). The molecule has 0 radical (unpaired) electrons. The summed E-state index contributed by atoms with van der Waals surface area (Å²) in [6.07, 6.45) is -7.75. The van der Waals surface area contributed by atoms with Crippen LogP contribution >= 0.6 is 0 Å². The van der Waals surface area contributed by atoms with E-state index >= 15 is 4.39 Å². The molecule has 1 aliphatic heterocycles. The first kappa shape index (κ1) is 26.0. The van der Waals surface area contributed by atoms with Gasteiger partial charge >= 0.3 is 17.9 Å². The van der Waals surface area contributed by atoms with Gasteiger partial charge in [0.25, 0.3) is 0 Å². The van der Waals surface area contributed by atoms with E-state index in [4.69, 9.17) is 23.7 Å². The van der Waals surface area contributed by atoms with E-state index in [2.05, 4.69) is 0 Å². The average Bonchev–Trinajstić information content (AvgIpc) is 2.95. The van der Waals surface area contributed by atoms with Gasteiger partial charge in [-0.1, -0.05) is 54.6 Å². The van der Waals surface area contributed by atoms with Gasteiger partial charge in [0.05, 0.1) is 16.7 Å². The van der Waals surface area contributed by atoms with Gasteiger partial charge in [0.1, 0.15) is 12.7 Å². The highest BCUT2D eigenvalue weighted by atomic mass is 19.1. The van der Waals surface area contributed by atoms with Gasteiger partial charge in [-0.15, -0.1) is 0 Å². The second-order valence-electron chi connectivity index (χ2n) is 8.16. The molecular weight excluding hydrogens is 483 g/mol. The second kappa shape index (κ2) is 12.2. The van der Waals surface area contributed by atoms with Crippen molar-refractivity contribution in [1.82, 2.24) is 0 Å². The van der Waals surface area contributed by atoms with Gasteiger partial charge in [0.15, 0.2) is 24.7 Å². The summed E-state index contributed by atoms with van der Waals surface area (Å²) in [7, 11) is 1.27. The van der Waals surface area contributed by atoms with Crippen molar-refractivity contribution in [2.45, 2.75) is 30.8 Å². The van der Waals surface area contributed by atoms with Gasteiger partial charge in [0, 0.05) is 7.11 Å². The summed E-state index contributed by atoms with van der Waals surface area (Å²) in [5, 5.41) is 0. The molecule has 3 aromatic carbocycles. The average molecular weight is 508 g/mol. The van der Waals surface area contributed by atoms with Crippen LogP contribution in [0.15, 0.2) is 91.0 Å². The molecular formula is C28H25FO8. The van der Waals surface area contributed by atoms with E-state index in [1.165, 1.54) is 31.4 Å². The molecule has 0 N–H and O–H groups in total. The number of esters is 3.